The van der Waals surface area contributed by atoms with Gasteiger partial charge in [-0.2, -0.15) is 5.10 Å². The van der Waals surface area contributed by atoms with E-state index < -0.39 is 0 Å². The molecule has 0 atom stereocenters. The Bertz CT molecular complexity index is 674. The molecule has 2 N–H and O–H groups in total. The molecule has 128 valence electrons. The monoisotopic (exact) mass is 327 g/mol. The molecule has 1 aliphatic rings. The number of carbonyl (C=O) groups is 1. The van der Waals surface area contributed by atoms with Crippen molar-refractivity contribution in [3.63, 3.8) is 0 Å². The van der Waals surface area contributed by atoms with E-state index >= 15 is 0 Å². The van der Waals surface area contributed by atoms with E-state index in [9.17, 15) is 4.79 Å². The van der Waals surface area contributed by atoms with Crippen molar-refractivity contribution in [3.8, 4) is 0 Å². The second-order valence-electron chi connectivity index (χ2n) is 6.32. The lowest BCUT2D eigenvalue weighted by Gasteiger charge is -2.33. The number of aryl methyl sites for hydroxylation is 2. The summed E-state index contributed by atoms with van der Waals surface area (Å²) in [4.78, 5) is 14.5. The van der Waals surface area contributed by atoms with Crippen LogP contribution in [-0.2, 0) is 13.6 Å². The van der Waals surface area contributed by atoms with Gasteiger partial charge >= 0.3 is 6.03 Å². The van der Waals surface area contributed by atoms with E-state index in [1.165, 1.54) is 5.69 Å². The molecule has 1 aromatic carbocycles. The van der Waals surface area contributed by atoms with Gasteiger partial charge in [-0.15, -0.1) is 0 Å². The second-order valence-corrected chi connectivity index (χ2v) is 6.32. The Morgan fingerprint density at radius 3 is 2.58 bits per heavy atom. The van der Waals surface area contributed by atoms with Gasteiger partial charge in [-0.1, -0.05) is 18.2 Å². The van der Waals surface area contributed by atoms with Crippen LogP contribution in [0.15, 0.2) is 36.4 Å². The van der Waals surface area contributed by atoms with Crippen LogP contribution in [0.1, 0.15) is 24.2 Å². The number of nitrogens with zero attached hydrogens (tertiary/aromatic N) is 3. The molecular weight excluding hydrogens is 302 g/mol. The molecule has 2 aromatic rings. The molecule has 0 radical (unpaired) electrons. The summed E-state index contributed by atoms with van der Waals surface area (Å²) in [5.41, 5.74) is 3.22. The van der Waals surface area contributed by atoms with Gasteiger partial charge in [0, 0.05) is 31.9 Å². The van der Waals surface area contributed by atoms with E-state index in [2.05, 4.69) is 44.9 Å². The maximum Gasteiger partial charge on any atom is 0.315 e. The van der Waals surface area contributed by atoms with Crippen LogP contribution in [-0.4, -0.2) is 34.9 Å². The van der Waals surface area contributed by atoms with E-state index in [4.69, 9.17) is 0 Å². The Morgan fingerprint density at radius 1 is 1.25 bits per heavy atom. The van der Waals surface area contributed by atoms with E-state index in [0.717, 1.165) is 37.3 Å². The molecule has 0 unspecified atom stereocenters. The first-order valence-electron chi connectivity index (χ1n) is 8.45. The fourth-order valence-corrected chi connectivity index (χ4v) is 3.16. The summed E-state index contributed by atoms with van der Waals surface area (Å²) in [7, 11) is 1.89. The lowest BCUT2D eigenvalue weighted by molar-refractivity contribution is 0.233. The van der Waals surface area contributed by atoms with Crippen molar-refractivity contribution >= 4 is 11.7 Å². The number of urea groups is 1. The molecule has 0 saturated carbocycles. The molecule has 6 heteroatoms. The highest BCUT2D eigenvalue weighted by molar-refractivity contribution is 5.74. The van der Waals surface area contributed by atoms with Crippen LogP contribution < -0.4 is 15.5 Å². The van der Waals surface area contributed by atoms with Gasteiger partial charge in [-0.3, -0.25) is 4.68 Å². The Labute approximate surface area is 142 Å². The van der Waals surface area contributed by atoms with Crippen LogP contribution in [0.4, 0.5) is 10.5 Å². The van der Waals surface area contributed by atoms with Gasteiger partial charge in [0.2, 0.25) is 0 Å². The molecule has 1 aromatic heterocycles. The van der Waals surface area contributed by atoms with Crippen molar-refractivity contribution < 1.29 is 4.79 Å². The summed E-state index contributed by atoms with van der Waals surface area (Å²) in [6, 6.07) is 12.5. The maximum absolute atomic E-state index is 12.1. The highest BCUT2D eigenvalue weighted by Gasteiger charge is 2.20. The molecule has 6 nitrogen and oxygen atoms in total. The zero-order chi connectivity index (χ0) is 16.9. The van der Waals surface area contributed by atoms with Gasteiger partial charge in [0.25, 0.3) is 0 Å². The summed E-state index contributed by atoms with van der Waals surface area (Å²) >= 11 is 0. The van der Waals surface area contributed by atoms with Crippen molar-refractivity contribution in [3.05, 3.63) is 47.8 Å². The van der Waals surface area contributed by atoms with Crippen molar-refractivity contribution in [1.82, 2.24) is 20.4 Å². The van der Waals surface area contributed by atoms with Crippen LogP contribution in [0.25, 0.3) is 0 Å². The third-order valence-electron chi connectivity index (χ3n) is 4.48. The minimum Gasteiger partial charge on any atom is -0.371 e. The second kappa shape index (κ2) is 7.38. The molecule has 1 aliphatic heterocycles. The largest absolute Gasteiger partial charge is 0.371 e. The number of rotatable bonds is 4. The van der Waals surface area contributed by atoms with Crippen LogP contribution in [0.2, 0.25) is 0 Å². The number of carbonyl (C=O) groups excluding carboxylic acids is 1. The SMILES string of the molecule is Cc1cc(CNC(=O)NC2CCN(c3ccccc3)CC2)n(C)n1. The summed E-state index contributed by atoms with van der Waals surface area (Å²) < 4.78 is 1.80. The Morgan fingerprint density at radius 2 is 1.96 bits per heavy atom. The molecular formula is C18H25N5O. The number of para-hydroxylation sites is 1. The summed E-state index contributed by atoms with van der Waals surface area (Å²) in [5, 5.41) is 10.3. The van der Waals surface area contributed by atoms with Gasteiger partial charge in [-0.25, -0.2) is 4.79 Å². The first-order valence-corrected chi connectivity index (χ1v) is 8.45. The molecule has 0 spiro atoms. The first kappa shape index (κ1) is 16.4. The lowest BCUT2D eigenvalue weighted by atomic mass is 10.0. The van der Waals surface area contributed by atoms with Crippen LogP contribution >= 0.6 is 0 Å². The number of hydrogen-bond acceptors (Lipinski definition) is 3. The predicted molar refractivity (Wildman–Crippen MR) is 95.0 cm³/mol. The number of aromatic nitrogens is 2. The quantitative estimate of drug-likeness (QED) is 0.905. The zero-order valence-electron chi connectivity index (χ0n) is 14.3. The van der Waals surface area contributed by atoms with Crippen molar-refractivity contribution in [2.24, 2.45) is 7.05 Å². The van der Waals surface area contributed by atoms with E-state index in [0.29, 0.717) is 6.54 Å². The molecule has 0 bridgehead atoms. The summed E-state index contributed by atoms with van der Waals surface area (Å²) in [6.45, 7) is 4.38. The topological polar surface area (TPSA) is 62.2 Å². The summed E-state index contributed by atoms with van der Waals surface area (Å²) in [6.07, 6.45) is 1.93. The lowest BCUT2D eigenvalue weighted by Crippen LogP contribution is -2.47. The van der Waals surface area contributed by atoms with Crippen molar-refractivity contribution in [2.45, 2.75) is 32.4 Å². The third kappa shape index (κ3) is 4.07. The average Bonchev–Trinajstić information content (AvgIpc) is 2.92. The number of anilines is 1. The van der Waals surface area contributed by atoms with Gasteiger partial charge in [0.05, 0.1) is 17.9 Å². The van der Waals surface area contributed by atoms with E-state index in [1.807, 2.05) is 26.1 Å². The number of benzene rings is 1. The molecule has 3 rings (SSSR count). The summed E-state index contributed by atoms with van der Waals surface area (Å²) in [5.74, 6) is 0. The molecule has 0 aliphatic carbocycles. The number of piperidine rings is 1. The minimum atomic E-state index is -0.105. The molecule has 1 fully saturated rings. The predicted octanol–water partition coefficient (Wildman–Crippen LogP) is 2.20. The molecule has 1 saturated heterocycles. The maximum atomic E-state index is 12.1. The van der Waals surface area contributed by atoms with Gasteiger partial charge in [0.15, 0.2) is 0 Å². The van der Waals surface area contributed by atoms with Crippen LogP contribution in [0.3, 0.4) is 0 Å². The molecule has 24 heavy (non-hydrogen) atoms. The fourth-order valence-electron chi connectivity index (χ4n) is 3.16. The average molecular weight is 327 g/mol. The number of hydrogen-bond donors (Lipinski definition) is 2. The van der Waals surface area contributed by atoms with Crippen molar-refractivity contribution in [1.29, 1.82) is 0 Å². The third-order valence-corrected chi connectivity index (χ3v) is 4.48. The van der Waals surface area contributed by atoms with Gasteiger partial charge < -0.3 is 15.5 Å². The minimum absolute atomic E-state index is 0.105. The van der Waals surface area contributed by atoms with Gasteiger partial charge in [0.1, 0.15) is 0 Å². The Kier molecular flexibility index (Phi) is 5.03. The van der Waals surface area contributed by atoms with Gasteiger partial charge in [-0.05, 0) is 38.0 Å². The fraction of sp³-hybridized carbons (Fsp3) is 0.444. The standard InChI is InChI=1S/C18H25N5O/c1-14-12-17(22(2)21-14)13-19-18(24)20-15-8-10-23(11-9-15)16-6-4-3-5-7-16/h3-7,12,15H,8-11,13H2,1-2H3,(H2,19,20,24). The smallest absolute Gasteiger partial charge is 0.315 e. The van der Waals surface area contributed by atoms with E-state index in [-0.39, 0.29) is 12.1 Å². The Hall–Kier alpha value is -2.50. The first-order chi connectivity index (χ1) is 11.6. The zero-order valence-corrected chi connectivity index (χ0v) is 14.3. The van der Waals surface area contributed by atoms with Crippen LogP contribution in [0, 0.1) is 6.92 Å². The Balaban J connectivity index is 1.42. The van der Waals surface area contributed by atoms with Crippen molar-refractivity contribution in [2.75, 3.05) is 18.0 Å². The van der Waals surface area contributed by atoms with E-state index in [1.54, 1.807) is 4.68 Å². The normalized spacial score (nSPS) is 15.3. The highest BCUT2D eigenvalue weighted by atomic mass is 16.2. The highest BCUT2D eigenvalue weighted by Crippen LogP contribution is 2.19. The van der Waals surface area contributed by atoms with Crippen LogP contribution in [0.5, 0.6) is 0 Å². The number of nitrogens with one attached hydrogen (secondary N) is 2. The number of amides is 2. The molecule has 2 amide bonds. The molecule has 2 heterocycles.